The van der Waals surface area contributed by atoms with E-state index < -0.39 is 0 Å². The first-order valence-electron chi connectivity index (χ1n) is 17.1. The van der Waals surface area contributed by atoms with E-state index in [1.54, 1.807) is 0 Å². The van der Waals surface area contributed by atoms with Crippen LogP contribution in [0.3, 0.4) is 0 Å². The molecule has 0 aliphatic carbocycles. The lowest BCUT2D eigenvalue weighted by Gasteiger charge is -2.12. The molecular formula is C47H29N3O. The van der Waals surface area contributed by atoms with E-state index in [1.165, 1.54) is 21.9 Å². The van der Waals surface area contributed by atoms with Gasteiger partial charge in [-0.25, -0.2) is 15.0 Å². The van der Waals surface area contributed by atoms with Gasteiger partial charge in [-0.3, -0.25) is 0 Å². The van der Waals surface area contributed by atoms with Crippen molar-refractivity contribution in [1.82, 2.24) is 15.0 Å². The van der Waals surface area contributed by atoms with Crippen molar-refractivity contribution in [3.05, 3.63) is 176 Å². The lowest BCUT2D eigenvalue weighted by atomic mass is 9.96. The third kappa shape index (κ3) is 5.13. The molecule has 2 heterocycles. The van der Waals surface area contributed by atoms with Crippen molar-refractivity contribution in [3.63, 3.8) is 0 Å². The molecule has 0 radical (unpaired) electrons. The highest BCUT2D eigenvalue weighted by molar-refractivity contribution is 6.13. The van der Waals surface area contributed by atoms with Gasteiger partial charge in [0, 0.05) is 27.5 Å². The lowest BCUT2D eigenvalue weighted by molar-refractivity contribution is 0.669. The summed E-state index contributed by atoms with van der Waals surface area (Å²) in [6, 6.07) is 61.1. The van der Waals surface area contributed by atoms with Crippen molar-refractivity contribution in [2.75, 3.05) is 0 Å². The monoisotopic (exact) mass is 651 g/mol. The Morgan fingerprint density at radius 2 is 0.824 bits per heavy atom. The van der Waals surface area contributed by atoms with E-state index in [1.807, 2.05) is 54.6 Å². The Morgan fingerprint density at radius 3 is 1.51 bits per heavy atom. The van der Waals surface area contributed by atoms with Gasteiger partial charge in [-0.15, -0.1) is 0 Å². The number of aromatic nitrogens is 3. The van der Waals surface area contributed by atoms with Crippen molar-refractivity contribution in [2.45, 2.75) is 0 Å². The molecule has 51 heavy (non-hydrogen) atoms. The predicted molar refractivity (Wildman–Crippen MR) is 209 cm³/mol. The van der Waals surface area contributed by atoms with Crippen LogP contribution in [0.2, 0.25) is 0 Å². The maximum absolute atomic E-state index is 6.47. The molecule has 0 amide bonds. The molecule has 0 saturated heterocycles. The fourth-order valence-corrected chi connectivity index (χ4v) is 7.17. The second-order valence-corrected chi connectivity index (χ2v) is 12.8. The van der Waals surface area contributed by atoms with Crippen molar-refractivity contribution in [3.8, 4) is 56.4 Å². The van der Waals surface area contributed by atoms with Gasteiger partial charge in [-0.05, 0) is 74.1 Å². The summed E-state index contributed by atoms with van der Waals surface area (Å²) in [5, 5.41) is 6.70. The van der Waals surface area contributed by atoms with Gasteiger partial charge in [0.2, 0.25) is 0 Å². The van der Waals surface area contributed by atoms with Gasteiger partial charge >= 0.3 is 0 Å². The fourth-order valence-electron chi connectivity index (χ4n) is 7.17. The minimum atomic E-state index is 0.595. The van der Waals surface area contributed by atoms with Crippen LogP contribution in [0.5, 0.6) is 0 Å². The Hall–Kier alpha value is -6.91. The van der Waals surface area contributed by atoms with Gasteiger partial charge < -0.3 is 4.42 Å². The highest BCUT2D eigenvalue weighted by Crippen LogP contribution is 2.40. The average molecular weight is 652 g/mol. The topological polar surface area (TPSA) is 51.8 Å². The number of furan rings is 1. The Kier molecular flexibility index (Phi) is 6.78. The summed E-state index contributed by atoms with van der Waals surface area (Å²) < 4.78 is 6.47. The van der Waals surface area contributed by atoms with Crippen LogP contribution >= 0.6 is 0 Å². The number of hydrogen-bond donors (Lipinski definition) is 0. The fraction of sp³-hybridized carbons (Fsp3) is 0. The summed E-state index contributed by atoms with van der Waals surface area (Å²) in [6.45, 7) is 0. The van der Waals surface area contributed by atoms with Crippen LogP contribution in [0.1, 0.15) is 0 Å². The highest BCUT2D eigenvalue weighted by atomic mass is 16.3. The zero-order valence-corrected chi connectivity index (χ0v) is 27.5. The first kappa shape index (κ1) is 29.0. The van der Waals surface area contributed by atoms with Crippen LogP contribution in [-0.4, -0.2) is 15.0 Å². The molecule has 0 aliphatic heterocycles. The summed E-state index contributed by atoms with van der Waals surface area (Å²) >= 11 is 0. The number of para-hydroxylation sites is 1. The first-order valence-corrected chi connectivity index (χ1v) is 17.1. The van der Waals surface area contributed by atoms with E-state index in [0.717, 1.165) is 60.5 Å². The summed E-state index contributed by atoms with van der Waals surface area (Å²) in [5.74, 6) is 1.83. The van der Waals surface area contributed by atoms with Crippen LogP contribution in [0.4, 0.5) is 0 Å². The Balaban J connectivity index is 1.23. The third-order valence-electron chi connectivity index (χ3n) is 9.70. The van der Waals surface area contributed by atoms with Gasteiger partial charge in [0.25, 0.3) is 0 Å². The molecule has 0 atom stereocenters. The van der Waals surface area contributed by atoms with E-state index >= 15 is 0 Å². The summed E-state index contributed by atoms with van der Waals surface area (Å²) in [4.78, 5) is 15.5. The second kappa shape index (κ2) is 11.9. The highest BCUT2D eigenvalue weighted by Gasteiger charge is 2.20. The Morgan fingerprint density at radius 1 is 0.314 bits per heavy atom. The van der Waals surface area contributed by atoms with Gasteiger partial charge in [0.05, 0.1) is 0 Å². The van der Waals surface area contributed by atoms with Crippen LogP contribution in [0.25, 0.3) is 99.9 Å². The average Bonchev–Trinajstić information content (AvgIpc) is 3.59. The molecule has 0 saturated carbocycles. The van der Waals surface area contributed by atoms with Crippen LogP contribution < -0.4 is 0 Å². The third-order valence-corrected chi connectivity index (χ3v) is 9.70. The van der Waals surface area contributed by atoms with Gasteiger partial charge in [0.15, 0.2) is 17.5 Å². The normalized spacial score (nSPS) is 11.5. The van der Waals surface area contributed by atoms with E-state index in [2.05, 4.69) is 121 Å². The number of fused-ring (bicyclic) bond motifs is 6. The minimum absolute atomic E-state index is 0.595. The number of rotatable bonds is 5. The molecule has 0 unspecified atom stereocenters. The van der Waals surface area contributed by atoms with E-state index in [-0.39, 0.29) is 0 Å². The molecule has 4 nitrogen and oxygen atoms in total. The van der Waals surface area contributed by atoms with Gasteiger partial charge in [-0.2, -0.15) is 0 Å². The number of benzene rings is 8. The van der Waals surface area contributed by atoms with Crippen LogP contribution in [0, 0.1) is 0 Å². The van der Waals surface area contributed by atoms with Crippen molar-refractivity contribution in [2.24, 2.45) is 0 Å². The second-order valence-electron chi connectivity index (χ2n) is 12.8. The quantitative estimate of drug-likeness (QED) is 0.174. The lowest BCUT2D eigenvalue weighted by Crippen LogP contribution is -2.00. The molecular weight excluding hydrogens is 623 g/mol. The summed E-state index contributed by atoms with van der Waals surface area (Å²) in [5.41, 5.74) is 8.87. The minimum Gasteiger partial charge on any atom is -0.456 e. The van der Waals surface area contributed by atoms with Crippen molar-refractivity contribution < 1.29 is 4.42 Å². The zero-order valence-electron chi connectivity index (χ0n) is 27.5. The molecule has 10 rings (SSSR count). The molecule has 8 aromatic carbocycles. The summed E-state index contributed by atoms with van der Waals surface area (Å²) in [7, 11) is 0. The molecule has 0 bridgehead atoms. The van der Waals surface area contributed by atoms with E-state index in [4.69, 9.17) is 19.4 Å². The Labute approximate surface area is 294 Å². The smallest absolute Gasteiger partial charge is 0.164 e. The SMILES string of the molecule is c1ccc(-c2cc(-c3nc(-c4ccccc4)nc(-c4ccc5ccc6ccc(-c7ccccc7)cc6c5c4)n3)c3c(c2)oc2ccccc23)cc1. The molecule has 0 aliphatic rings. The first-order chi connectivity index (χ1) is 25.2. The number of hydrogen-bond acceptors (Lipinski definition) is 4. The van der Waals surface area contributed by atoms with Crippen molar-refractivity contribution >= 4 is 43.5 Å². The molecule has 10 aromatic rings. The van der Waals surface area contributed by atoms with E-state index in [9.17, 15) is 0 Å². The Bertz CT molecular complexity index is 2900. The molecule has 4 heteroatoms. The van der Waals surface area contributed by atoms with Crippen molar-refractivity contribution in [1.29, 1.82) is 0 Å². The zero-order chi connectivity index (χ0) is 33.7. The molecule has 0 spiro atoms. The van der Waals surface area contributed by atoms with Gasteiger partial charge in [0.1, 0.15) is 11.2 Å². The molecule has 0 fully saturated rings. The molecule has 0 N–H and O–H groups in total. The largest absolute Gasteiger partial charge is 0.456 e. The predicted octanol–water partition coefficient (Wildman–Crippen LogP) is 12.4. The maximum atomic E-state index is 6.47. The molecule has 238 valence electrons. The molecule has 2 aromatic heterocycles. The van der Waals surface area contributed by atoms with Gasteiger partial charge in [-0.1, -0.05) is 146 Å². The summed E-state index contributed by atoms with van der Waals surface area (Å²) in [6.07, 6.45) is 0. The van der Waals surface area contributed by atoms with E-state index in [0.29, 0.717) is 17.5 Å². The maximum Gasteiger partial charge on any atom is 0.164 e. The van der Waals surface area contributed by atoms with Crippen LogP contribution in [-0.2, 0) is 0 Å². The standard InChI is InChI=1S/C47H29N3O/c1-4-12-30(13-5-1)35-24-22-32-20-21-33-23-25-36(27-40(33)39(32)26-35)46-48-45(34-16-8-3-9-17-34)49-47(50-46)41-28-37(31-14-6-2-7-15-31)29-43-44(41)38-18-10-11-19-42(38)51-43/h1-29H. The van der Waals surface area contributed by atoms with Crippen LogP contribution in [0.15, 0.2) is 180 Å². The number of nitrogens with zero attached hydrogens (tertiary/aromatic N) is 3.